The number of rotatable bonds is 2. The first-order valence-corrected chi connectivity index (χ1v) is 3.15. The van der Waals surface area contributed by atoms with E-state index in [9.17, 15) is 13.2 Å². The van der Waals surface area contributed by atoms with Gasteiger partial charge < -0.3 is 7.04 Å². The minimum absolute atomic E-state index is 0. The van der Waals surface area contributed by atoms with Gasteiger partial charge in [-0.3, -0.25) is 4.55 Å². The fourth-order valence-electron chi connectivity index (χ4n) is 0.138. The topological polar surface area (TPSA) is 80.7 Å². The van der Waals surface area contributed by atoms with Gasteiger partial charge >= 0.3 is 75.5 Å². The molecule has 0 aromatic rings. The van der Waals surface area contributed by atoms with Crippen molar-refractivity contribution in [3.05, 3.63) is 12.7 Å². The monoisotopic (exact) mass is 200 g/mol. The maximum absolute atomic E-state index is 9.95. The van der Waals surface area contributed by atoms with Crippen molar-refractivity contribution < 1.29 is 83.9 Å². The predicted octanol–water partition coefficient (Wildman–Crippen LogP) is -6.25. The minimum Gasteiger partial charge on any atom is -1.00 e. The molecule has 11 heavy (non-hydrogen) atoms. The second-order valence-electron chi connectivity index (χ2n) is 1.03. The van der Waals surface area contributed by atoms with E-state index < -0.39 is 16.4 Å². The first-order chi connectivity index (χ1) is 3.95. The van der Waals surface area contributed by atoms with Gasteiger partial charge in [0.05, 0.1) is 0 Å². The molecule has 0 fully saturated rings. The molecule has 0 aromatic carbocycles. The summed E-state index contributed by atoms with van der Waals surface area (Å²) in [5.74, 6) is -1.21. The maximum Gasteiger partial charge on any atom is 1.00 e. The van der Waals surface area contributed by atoms with Gasteiger partial charge in [-0.2, -0.15) is 8.42 Å². The molecule has 0 radical (unpaired) electrons. The molecule has 0 aliphatic rings. The Balaban J connectivity index is -0.0000000533. The summed E-state index contributed by atoms with van der Waals surface area (Å²) in [7, 11) is -4.66. The summed E-state index contributed by atoms with van der Waals surface area (Å²) in [4.78, 5) is 9.95. The third-order valence-electron chi connectivity index (χ3n) is 0.354. The van der Waals surface area contributed by atoms with Gasteiger partial charge in [0, 0.05) is 6.08 Å². The van der Waals surface area contributed by atoms with Crippen molar-refractivity contribution in [2.75, 3.05) is 0 Å². The van der Waals surface area contributed by atoms with Gasteiger partial charge in [0.25, 0.3) is 0 Å². The number of carbonyl (C=O) groups is 1. The summed E-state index contributed by atoms with van der Waals surface area (Å²) in [6, 6.07) is 0. The zero-order valence-corrected chi connectivity index (χ0v) is 11.1. The van der Waals surface area contributed by atoms with Crippen LogP contribution >= 0.6 is 0 Å². The van der Waals surface area contributed by atoms with Gasteiger partial charge in [-0.1, -0.05) is 6.58 Å². The molecule has 0 heterocycles. The first-order valence-electron chi connectivity index (χ1n) is 1.79. The fraction of sp³-hybridized carbons (Fsp3) is 0. The van der Waals surface area contributed by atoms with E-state index in [-0.39, 0.29) is 62.0 Å². The van der Waals surface area contributed by atoms with Crippen molar-refractivity contribution in [3.63, 3.8) is 0 Å². The molecule has 0 atom stereocenters. The van der Waals surface area contributed by atoms with Crippen LogP contribution in [0.5, 0.6) is 0 Å². The first kappa shape index (κ1) is 18.0. The molecule has 0 aliphatic heterocycles. The van der Waals surface area contributed by atoms with Crippen molar-refractivity contribution in [2.45, 2.75) is 0 Å². The van der Waals surface area contributed by atoms with Crippen molar-refractivity contribution in [1.82, 2.24) is 0 Å². The average molecular weight is 200 g/mol. The molecule has 0 rings (SSSR count). The molecule has 5 nitrogen and oxygen atoms in total. The van der Waals surface area contributed by atoms with Gasteiger partial charge in [0.1, 0.15) is 0 Å². The molecule has 1 N–H and O–H groups in total. The number of hydrogen-bond acceptors (Lipinski definition) is 4. The third kappa shape index (κ3) is 14.0. The van der Waals surface area contributed by atoms with Crippen LogP contribution in [0.3, 0.4) is 0 Å². The molecule has 0 aromatic heterocycles. The molecule has 0 unspecified atom stereocenters. The normalized spacial score (nSPS) is 8.45. The standard InChI is InChI=1S/C3H4O5S.2Na.2H/c1-2-3(4)8-9(5,6)7;;;;/h2H,1H2,(H,5,6,7);;;;/q;2*+1;2*-1. The average Bonchev–Trinajstić information content (AvgIpc) is 1.62. The Labute approximate surface area is 112 Å². The Bertz CT molecular complexity index is 228. The van der Waals surface area contributed by atoms with E-state index in [1.54, 1.807) is 0 Å². The van der Waals surface area contributed by atoms with Crippen LogP contribution in [0.1, 0.15) is 2.85 Å². The zero-order chi connectivity index (χ0) is 7.49. The van der Waals surface area contributed by atoms with Crippen LogP contribution in [0.15, 0.2) is 12.7 Å². The van der Waals surface area contributed by atoms with Crippen LogP contribution in [0.25, 0.3) is 0 Å². The summed E-state index contributed by atoms with van der Waals surface area (Å²) in [6.45, 7) is 2.89. The Kier molecular flexibility index (Phi) is 12.7. The molecular formula is C3H6Na2O5S. The quantitative estimate of drug-likeness (QED) is 0.272. The summed E-state index contributed by atoms with van der Waals surface area (Å²) in [5.41, 5.74) is 0. The molecule has 0 saturated carbocycles. The van der Waals surface area contributed by atoms with Crippen LogP contribution in [-0.4, -0.2) is 18.9 Å². The van der Waals surface area contributed by atoms with Crippen molar-refractivity contribution in [3.8, 4) is 0 Å². The summed E-state index contributed by atoms with van der Waals surface area (Å²) >= 11 is 0. The maximum atomic E-state index is 9.95. The molecule has 0 amide bonds. The van der Waals surface area contributed by atoms with E-state index in [1.807, 2.05) is 0 Å². The van der Waals surface area contributed by atoms with Crippen LogP contribution in [0.4, 0.5) is 0 Å². The molecular weight excluding hydrogens is 194 g/mol. The Morgan fingerprint density at radius 2 is 1.91 bits per heavy atom. The molecule has 0 bridgehead atoms. The SMILES string of the molecule is C=CC(=O)OS(=O)(=O)O.[H-].[H-].[Na+].[Na+]. The van der Waals surface area contributed by atoms with Gasteiger partial charge in [0.2, 0.25) is 0 Å². The van der Waals surface area contributed by atoms with E-state index in [0.29, 0.717) is 6.08 Å². The van der Waals surface area contributed by atoms with E-state index in [0.717, 1.165) is 0 Å². The van der Waals surface area contributed by atoms with Crippen LogP contribution in [0, 0.1) is 0 Å². The van der Waals surface area contributed by atoms with E-state index >= 15 is 0 Å². The Morgan fingerprint density at radius 3 is 2.00 bits per heavy atom. The molecule has 8 heteroatoms. The fourth-order valence-corrected chi connectivity index (χ4v) is 0.413. The summed E-state index contributed by atoms with van der Waals surface area (Å²) in [5, 5.41) is 0. The van der Waals surface area contributed by atoms with Crippen LogP contribution < -0.4 is 59.1 Å². The molecule has 0 spiro atoms. The van der Waals surface area contributed by atoms with E-state index in [2.05, 4.69) is 10.8 Å². The van der Waals surface area contributed by atoms with Crippen molar-refractivity contribution in [1.29, 1.82) is 0 Å². The van der Waals surface area contributed by atoms with Crippen LogP contribution in [0.2, 0.25) is 0 Å². The van der Waals surface area contributed by atoms with Gasteiger partial charge in [-0.05, 0) is 0 Å². The van der Waals surface area contributed by atoms with Gasteiger partial charge in [-0.15, -0.1) is 0 Å². The van der Waals surface area contributed by atoms with Gasteiger partial charge in [-0.25, -0.2) is 4.79 Å². The van der Waals surface area contributed by atoms with Crippen molar-refractivity contribution >= 4 is 16.4 Å². The molecule has 0 aliphatic carbocycles. The van der Waals surface area contributed by atoms with Crippen LogP contribution in [-0.2, 0) is 19.4 Å². The summed E-state index contributed by atoms with van der Waals surface area (Å²) < 4.78 is 30.5. The number of hydrogen-bond donors (Lipinski definition) is 1. The zero-order valence-electron chi connectivity index (χ0n) is 8.27. The second-order valence-corrected chi connectivity index (χ2v) is 2.06. The Hall–Kier alpha value is 1.12. The minimum atomic E-state index is -4.66. The van der Waals surface area contributed by atoms with Crippen molar-refractivity contribution in [2.24, 2.45) is 0 Å². The second kappa shape index (κ2) is 7.75. The Morgan fingerprint density at radius 1 is 1.55 bits per heavy atom. The smallest absolute Gasteiger partial charge is 1.00 e. The third-order valence-corrected chi connectivity index (χ3v) is 0.729. The van der Waals surface area contributed by atoms with Gasteiger partial charge in [0.15, 0.2) is 0 Å². The molecule has 0 saturated heterocycles. The predicted molar refractivity (Wildman–Crippen MR) is 30.1 cm³/mol. The van der Waals surface area contributed by atoms with E-state index in [1.165, 1.54) is 0 Å². The number of carbonyl (C=O) groups excluding carboxylic acids is 1. The summed E-state index contributed by atoms with van der Waals surface area (Å²) in [6.07, 6.45) is 0.619. The largest absolute Gasteiger partial charge is 1.00 e. The van der Waals surface area contributed by atoms with E-state index in [4.69, 9.17) is 4.55 Å². The molecule has 56 valence electrons.